The van der Waals surface area contributed by atoms with E-state index in [0.29, 0.717) is 31.7 Å². The first kappa shape index (κ1) is 23.5. The molecule has 0 fully saturated rings. The van der Waals surface area contributed by atoms with Gasteiger partial charge in [-0.1, -0.05) is 0 Å². The molecule has 0 amide bonds. The van der Waals surface area contributed by atoms with E-state index in [2.05, 4.69) is 9.37 Å². The van der Waals surface area contributed by atoms with Crippen molar-refractivity contribution in [3.8, 4) is 0 Å². The molecule has 3 aromatic rings. The average molecular weight is 416 g/mol. The second-order valence-corrected chi connectivity index (χ2v) is 7.66. The summed E-state index contributed by atoms with van der Waals surface area (Å²) in [5.41, 5.74) is -0.378. The van der Waals surface area contributed by atoms with E-state index in [0.717, 1.165) is 6.07 Å². The van der Waals surface area contributed by atoms with E-state index in [1.165, 1.54) is 29.5 Å². The third-order valence-electron chi connectivity index (χ3n) is 3.06. The Bertz CT molecular complexity index is 1070. The minimum Gasteiger partial charge on any atom is -0.744 e. The molecule has 25 heavy (non-hydrogen) atoms. The molecule has 7 nitrogen and oxygen atoms in total. The first-order chi connectivity index (χ1) is 10.9. The Labute approximate surface area is 194 Å². The predicted octanol–water partition coefficient (Wildman–Crippen LogP) is -4.44. The molecule has 0 spiro atoms. The van der Waals surface area contributed by atoms with Crippen LogP contribution in [0.25, 0.3) is 20.2 Å². The van der Waals surface area contributed by atoms with Gasteiger partial charge in [0.2, 0.25) is 0 Å². The van der Waals surface area contributed by atoms with E-state index in [4.69, 9.17) is 0 Å². The van der Waals surface area contributed by atoms with Gasteiger partial charge in [-0.2, -0.15) is 4.33 Å². The topological polar surface area (TPSA) is 116 Å². The van der Waals surface area contributed by atoms with E-state index >= 15 is 0 Å². The molecule has 0 unspecified atom stereocenters. The van der Waals surface area contributed by atoms with E-state index in [9.17, 15) is 23.0 Å². The van der Waals surface area contributed by atoms with Crippen LogP contribution in [0, 0.1) is 0 Å². The molecular weight excluding hydrogens is 410 g/mol. The van der Waals surface area contributed by atoms with Crippen LogP contribution in [0.3, 0.4) is 0 Å². The van der Waals surface area contributed by atoms with Gasteiger partial charge in [0.1, 0.15) is 10.1 Å². The Hall–Kier alpha value is 0.470. The maximum absolute atomic E-state index is 12.5. The fraction of sp³-hybridized carbons (Fsp3) is 0. The Balaban J connectivity index is 0.00000156. The SMILES string of the molecule is O=c1c2ccc(SOO[O-])cc2sc2ccc(S(=O)(=O)[O-])cc12.[Na+].[Na+]. The molecule has 0 aliphatic carbocycles. The summed E-state index contributed by atoms with van der Waals surface area (Å²) in [7, 11) is -4.63. The second-order valence-electron chi connectivity index (χ2n) is 4.42. The van der Waals surface area contributed by atoms with Crippen molar-refractivity contribution in [2.24, 2.45) is 0 Å². The van der Waals surface area contributed by atoms with Gasteiger partial charge in [0, 0.05) is 25.1 Å². The minimum atomic E-state index is -4.63. The van der Waals surface area contributed by atoms with Crippen molar-refractivity contribution in [2.45, 2.75) is 9.79 Å². The number of fused-ring (bicyclic) bond motifs is 2. The van der Waals surface area contributed by atoms with Gasteiger partial charge in [-0.3, -0.25) is 9.83 Å². The smallest absolute Gasteiger partial charge is 0.744 e. The molecule has 120 valence electrons. The Morgan fingerprint density at radius 3 is 2.36 bits per heavy atom. The van der Waals surface area contributed by atoms with Crippen molar-refractivity contribution in [2.75, 3.05) is 0 Å². The number of hydrogen-bond donors (Lipinski definition) is 0. The largest absolute Gasteiger partial charge is 1.00 e. The fourth-order valence-electron chi connectivity index (χ4n) is 2.07. The van der Waals surface area contributed by atoms with Crippen LogP contribution in [0.4, 0.5) is 0 Å². The van der Waals surface area contributed by atoms with Crippen molar-refractivity contribution in [1.29, 1.82) is 0 Å². The van der Waals surface area contributed by atoms with Gasteiger partial charge in [-0.25, -0.2) is 8.42 Å². The fourth-order valence-corrected chi connectivity index (χ4v) is 4.13. The summed E-state index contributed by atoms with van der Waals surface area (Å²) >= 11 is 1.95. The van der Waals surface area contributed by atoms with Gasteiger partial charge in [-0.05, 0) is 36.4 Å². The summed E-state index contributed by atoms with van der Waals surface area (Å²) in [4.78, 5) is 12.6. The van der Waals surface area contributed by atoms with Crippen molar-refractivity contribution in [3.05, 3.63) is 46.6 Å². The number of rotatable bonds is 4. The molecule has 12 heteroatoms. The molecule has 0 radical (unpaired) electrons. The normalized spacial score (nSPS) is 11.1. The Morgan fingerprint density at radius 2 is 1.72 bits per heavy atom. The van der Waals surface area contributed by atoms with Gasteiger partial charge in [0.15, 0.2) is 5.43 Å². The third kappa shape index (κ3) is 5.26. The van der Waals surface area contributed by atoms with E-state index in [-0.39, 0.29) is 69.9 Å². The number of benzene rings is 2. The van der Waals surface area contributed by atoms with Crippen LogP contribution in [0.2, 0.25) is 0 Å². The summed E-state index contributed by atoms with van der Waals surface area (Å²) in [5.74, 6) is 0. The second kappa shape index (κ2) is 9.60. The predicted molar refractivity (Wildman–Crippen MR) is 81.6 cm³/mol. The van der Waals surface area contributed by atoms with Gasteiger partial charge in [0.25, 0.3) is 0 Å². The van der Waals surface area contributed by atoms with Gasteiger partial charge in [-0.15, -0.1) is 11.3 Å². The summed E-state index contributed by atoms with van der Waals surface area (Å²) < 4.78 is 38.7. The van der Waals surface area contributed by atoms with Crippen LogP contribution in [-0.2, 0) is 19.5 Å². The minimum absolute atomic E-state index is 0. The standard InChI is InChI=1S/C13H8O7S3.2Na/c14-13-9-3-1-7(22-20-19-15)5-12(9)21-11-4-2-8(6-10(11)13)23(16,17)18;;/h1-6,15H,(H,16,17,18);;/q;2*+1/p-2. The van der Waals surface area contributed by atoms with Crippen molar-refractivity contribution in [3.63, 3.8) is 0 Å². The quantitative estimate of drug-likeness (QED) is 0.105. The molecular formula is C13H6Na2O7S3. The monoisotopic (exact) mass is 416 g/mol. The zero-order chi connectivity index (χ0) is 16.6. The molecule has 1 heterocycles. The van der Waals surface area contributed by atoms with Crippen LogP contribution in [-0.4, -0.2) is 13.0 Å². The first-order valence-corrected chi connectivity index (χ1v) is 8.96. The van der Waals surface area contributed by atoms with Crippen LogP contribution in [0.5, 0.6) is 0 Å². The molecule has 3 rings (SSSR count). The summed E-state index contributed by atoms with van der Waals surface area (Å²) in [5, 5.41) is 13.6. The van der Waals surface area contributed by atoms with E-state index < -0.39 is 15.0 Å². The molecule has 0 bridgehead atoms. The molecule has 2 aromatic carbocycles. The van der Waals surface area contributed by atoms with Crippen LogP contribution in [0.1, 0.15) is 0 Å². The van der Waals surface area contributed by atoms with Gasteiger partial charge < -0.3 is 9.81 Å². The zero-order valence-electron chi connectivity index (χ0n) is 13.0. The molecule has 0 saturated carbocycles. The van der Waals surface area contributed by atoms with E-state index in [1.54, 1.807) is 12.1 Å². The number of hydrogen-bond acceptors (Lipinski definition) is 9. The molecule has 0 aliphatic rings. The summed E-state index contributed by atoms with van der Waals surface area (Å²) in [6.07, 6.45) is 0. The molecule has 0 saturated heterocycles. The molecule has 0 atom stereocenters. The first-order valence-electron chi connectivity index (χ1n) is 6.00. The zero-order valence-corrected chi connectivity index (χ0v) is 19.5. The Morgan fingerprint density at radius 1 is 1.00 bits per heavy atom. The van der Waals surface area contributed by atoms with E-state index in [1.807, 2.05) is 0 Å². The molecule has 1 aromatic heterocycles. The van der Waals surface area contributed by atoms with Gasteiger partial charge in [0.05, 0.1) is 16.9 Å². The van der Waals surface area contributed by atoms with Crippen molar-refractivity contribution in [1.82, 2.24) is 0 Å². The van der Waals surface area contributed by atoms with Crippen LogP contribution >= 0.6 is 23.4 Å². The van der Waals surface area contributed by atoms with Crippen LogP contribution in [0.15, 0.2) is 51.0 Å². The van der Waals surface area contributed by atoms with Crippen molar-refractivity contribution >= 4 is 53.7 Å². The van der Waals surface area contributed by atoms with Crippen molar-refractivity contribution < 1.29 is 86.7 Å². The average Bonchev–Trinajstić information content (AvgIpc) is 2.51. The summed E-state index contributed by atoms with van der Waals surface area (Å²) in [6, 6.07) is 8.40. The molecule has 0 N–H and O–H groups in total. The third-order valence-corrected chi connectivity index (χ3v) is 5.59. The Kier molecular flexibility index (Phi) is 9.03. The van der Waals surface area contributed by atoms with Gasteiger partial charge >= 0.3 is 59.1 Å². The summed E-state index contributed by atoms with van der Waals surface area (Å²) in [6.45, 7) is 0. The maximum Gasteiger partial charge on any atom is 1.00 e. The van der Waals surface area contributed by atoms with Crippen LogP contribution < -0.4 is 69.8 Å². The maximum atomic E-state index is 12.5. The molecule has 0 aliphatic heterocycles.